The molecule has 134 valence electrons. The fourth-order valence-corrected chi connectivity index (χ4v) is 2.59. The van der Waals surface area contributed by atoms with E-state index >= 15 is 0 Å². The van der Waals surface area contributed by atoms with Gasteiger partial charge in [0, 0.05) is 0 Å². The van der Waals surface area contributed by atoms with Crippen molar-refractivity contribution >= 4 is 5.91 Å². The molecule has 0 radical (unpaired) electrons. The monoisotopic (exact) mass is 341 g/mol. The van der Waals surface area contributed by atoms with Crippen LogP contribution in [0.3, 0.4) is 0 Å². The van der Waals surface area contributed by atoms with Crippen molar-refractivity contribution in [3.63, 3.8) is 0 Å². The maximum absolute atomic E-state index is 12.6. The Kier molecular flexibility index (Phi) is 6.45. The summed E-state index contributed by atoms with van der Waals surface area (Å²) in [5, 5.41) is 3.10. The summed E-state index contributed by atoms with van der Waals surface area (Å²) in [6, 6.07) is 15.4. The summed E-state index contributed by atoms with van der Waals surface area (Å²) in [6.07, 6.45) is -0.567. The maximum atomic E-state index is 12.6. The molecule has 0 spiro atoms. The Labute approximate surface area is 150 Å². The number of carbonyl (C=O) groups excluding carboxylic acids is 1. The van der Waals surface area contributed by atoms with Crippen molar-refractivity contribution in [2.45, 2.75) is 39.8 Å². The van der Waals surface area contributed by atoms with Gasteiger partial charge in [0.15, 0.2) is 6.10 Å². The molecule has 0 unspecified atom stereocenters. The third-order valence-electron chi connectivity index (χ3n) is 4.14. The number of benzene rings is 2. The quantitative estimate of drug-likeness (QED) is 0.817. The molecule has 0 aliphatic rings. The van der Waals surface area contributed by atoms with E-state index in [4.69, 9.17) is 9.47 Å². The lowest BCUT2D eigenvalue weighted by Gasteiger charge is -2.25. The van der Waals surface area contributed by atoms with Gasteiger partial charge >= 0.3 is 0 Å². The van der Waals surface area contributed by atoms with Gasteiger partial charge in [-0.25, -0.2) is 0 Å². The van der Waals surface area contributed by atoms with E-state index in [0.717, 1.165) is 16.9 Å². The molecule has 2 rings (SSSR count). The molecule has 0 saturated heterocycles. The molecule has 25 heavy (non-hydrogen) atoms. The fraction of sp³-hybridized carbons (Fsp3) is 0.381. The molecule has 4 nitrogen and oxygen atoms in total. The second-order valence-electron chi connectivity index (χ2n) is 6.58. The van der Waals surface area contributed by atoms with Gasteiger partial charge in [-0.15, -0.1) is 0 Å². The summed E-state index contributed by atoms with van der Waals surface area (Å²) < 4.78 is 10.9. The van der Waals surface area contributed by atoms with E-state index in [0.29, 0.717) is 5.75 Å². The molecule has 0 saturated carbocycles. The van der Waals surface area contributed by atoms with E-state index in [9.17, 15) is 4.79 Å². The fourth-order valence-electron chi connectivity index (χ4n) is 2.59. The minimum absolute atomic E-state index is 0.0810. The summed E-state index contributed by atoms with van der Waals surface area (Å²) in [5.41, 5.74) is 2.20. The van der Waals surface area contributed by atoms with E-state index in [1.165, 1.54) is 0 Å². The van der Waals surface area contributed by atoms with Gasteiger partial charge in [0.2, 0.25) is 0 Å². The number of carbonyl (C=O) groups is 1. The van der Waals surface area contributed by atoms with Gasteiger partial charge < -0.3 is 14.8 Å². The first-order valence-corrected chi connectivity index (χ1v) is 8.58. The third kappa shape index (κ3) is 5.24. The number of amides is 1. The van der Waals surface area contributed by atoms with Crippen LogP contribution in [-0.4, -0.2) is 19.1 Å². The van der Waals surface area contributed by atoms with Gasteiger partial charge in [0.05, 0.1) is 13.2 Å². The first-order chi connectivity index (χ1) is 11.9. The van der Waals surface area contributed by atoms with Crippen LogP contribution in [0, 0.1) is 12.8 Å². The molecule has 4 heteroatoms. The Morgan fingerprint density at radius 1 is 0.920 bits per heavy atom. The predicted octanol–water partition coefficient (Wildman–Crippen LogP) is 4.28. The van der Waals surface area contributed by atoms with E-state index in [1.54, 1.807) is 14.0 Å². The van der Waals surface area contributed by atoms with E-state index in [-0.39, 0.29) is 17.9 Å². The van der Waals surface area contributed by atoms with Gasteiger partial charge in [-0.1, -0.05) is 43.7 Å². The van der Waals surface area contributed by atoms with Crippen molar-refractivity contribution in [1.82, 2.24) is 5.32 Å². The second kappa shape index (κ2) is 8.56. The number of methoxy groups -OCH3 is 1. The zero-order valence-corrected chi connectivity index (χ0v) is 15.6. The van der Waals surface area contributed by atoms with Crippen LogP contribution in [-0.2, 0) is 4.79 Å². The molecule has 2 aromatic rings. The van der Waals surface area contributed by atoms with Crippen LogP contribution in [0.2, 0.25) is 0 Å². The summed E-state index contributed by atoms with van der Waals surface area (Å²) in [7, 11) is 1.64. The molecule has 2 atom stereocenters. The smallest absolute Gasteiger partial charge is 0.261 e. The van der Waals surface area contributed by atoms with Crippen molar-refractivity contribution in [2.75, 3.05) is 7.11 Å². The Hall–Kier alpha value is -2.49. The summed E-state index contributed by atoms with van der Waals surface area (Å²) in [6.45, 7) is 7.95. The van der Waals surface area contributed by atoms with Crippen LogP contribution in [0.1, 0.15) is 37.9 Å². The number of nitrogens with one attached hydrogen (secondary N) is 1. The molecule has 0 aromatic heterocycles. The number of hydrogen-bond acceptors (Lipinski definition) is 3. The van der Waals surface area contributed by atoms with Gasteiger partial charge in [0.25, 0.3) is 5.91 Å². The molecule has 0 heterocycles. The topological polar surface area (TPSA) is 47.6 Å². The van der Waals surface area contributed by atoms with Gasteiger partial charge in [-0.3, -0.25) is 4.79 Å². The first kappa shape index (κ1) is 18.8. The first-order valence-electron chi connectivity index (χ1n) is 8.58. The molecule has 1 amide bonds. The van der Waals surface area contributed by atoms with Crippen LogP contribution in [0.25, 0.3) is 0 Å². The average Bonchev–Trinajstić information content (AvgIpc) is 2.61. The Bertz CT molecular complexity index is 677. The zero-order chi connectivity index (χ0) is 18.4. The van der Waals surface area contributed by atoms with Crippen molar-refractivity contribution < 1.29 is 14.3 Å². The molecule has 0 aliphatic carbocycles. The lowest BCUT2D eigenvalue weighted by atomic mass is 9.95. The highest BCUT2D eigenvalue weighted by Gasteiger charge is 2.22. The molecule has 0 fully saturated rings. The normalized spacial score (nSPS) is 13.2. The van der Waals surface area contributed by atoms with Crippen LogP contribution in [0.4, 0.5) is 0 Å². The number of aryl methyl sites for hydroxylation is 1. The Morgan fingerprint density at radius 2 is 1.48 bits per heavy atom. The highest BCUT2D eigenvalue weighted by molar-refractivity contribution is 5.81. The van der Waals surface area contributed by atoms with Gasteiger partial charge in [-0.05, 0) is 49.6 Å². The highest BCUT2D eigenvalue weighted by atomic mass is 16.5. The van der Waals surface area contributed by atoms with Gasteiger partial charge in [-0.2, -0.15) is 0 Å². The standard InChI is InChI=1S/C21H27NO3/c1-14(2)20(17-8-12-18(24-5)13-9-17)22-21(23)16(4)25-19-10-6-15(3)7-11-19/h6-14,16,20H,1-5H3,(H,22,23)/t16-,20+/m0/s1. The molecular formula is C21H27NO3. The lowest BCUT2D eigenvalue weighted by molar-refractivity contribution is -0.128. The summed E-state index contributed by atoms with van der Waals surface area (Å²) >= 11 is 0. The van der Waals surface area contributed by atoms with Crippen molar-refractivity contribution in [3.8, 4) is 11.5 Å². The van der Waals surface area contributed by atoms with E-state index in [2.05, 4.69) is 19.2 Å². The van der Waals surface area contributed by atoms with Crippen molar-refractivity contribution in [3.05, 3.63) is 59.7 Å². The number of rotatable bonds is 7. The summed E-state index contributed by atoms with van der Waals surface area (Å²) in [5.74, 6) is 1.62. The number of ether oxygens (including phenoxy) is 2. The maximum Gasteiger partial charge on any atom is 0.261 e. The van der Waals surface area contributed by atoms with Crippen LogP contribution in [0.5, 0.6) is 11.5 Å². The van der Waals surface area contributed by atoms with Crippen LogP contribution >= 0.6 is 0 Å². The SMILES string of the molecule is COc1ccc([C@H](NC(=O)[C@H](C)Oc2ccc(C)cc2)C(C)C)cc1. The predicted molar refractivity (Wildman–Crippen MR) is 100.0 cm³/mol. The van der Waals surface area contributed by atoms with Crippen molar-refractivity contribution in [1.29, 1.82) is 0 Å². The molecule has 2 aromatic carbocycles. The van der Waals surface area contributed by atoms with Crippen LogP contribution < -0.4 is 14.8 Å². The minimum Gasteiger partial charge on any atom is -0.497 e. The lowest BCUT2D eigenvalue weighted by Crippen LogP contribution is -2.40. The second-order valence-corrected chi connectivity index (χ2v) is 6.58. The third-order valence-corrected chi connectivity index (χ3v) is 4.14. The van der Waals surface area contributed by atoms with Crippen molar-refractivity contribution in [2.24, 2.45) is 5.92 Å². The number of hydrogen-bond donors (Lipinski definition) is 1. The van der Waals surface area contributed by atoms with E-state index < -0.39 is 6.10 Å². The zero-order valence-electron chi connectivity index (χ0n) is 15.6. The molecule has 1 N–H and O–H groups in total. The average molecular weight is 341 g/mol. The largest absolute Gasteiger partial charge is 0.497 e. The Balaban J connectivity index is 2.04. The minimum atomic E-state index is -0.567. The molecular weight excluding hydrogens is 314 g/mol. The molecule has 0 bridgehead atoms. The summed E-state index contributed by atoms with van der Waals surface area (Å²) in [4.78, 5) is 12.6. The molecule has 0 aliphatic heterocycles. The Morgan fingerprint density at radius 3 is 2.00 bits per heavy atom. The van der Waals surface area contributed by atoms with Gasteiger partial charge in [0.1, 0.15) is 11.5 Å². The van der Waals surface area contributed by atoms with E-state index in [1.807, 2.05) is 55.5 Å². The highest BCUT2D eigenvalue weighted by Crippen LogP contribution is 2.24. The van der Waals surface area contributed by atoms with Crippen LogP contribution in [0.15, 0.2) is 48.5 Å².